The number of nitrogens with two attached hydrogens (primary N) is 1. The first-order valence-corrected chi connectivity index (χ1v) is 10.0. The molecule has 1 fully saturated rings. The molecule has 1 atom stereocenters. The number of hydrogen-bond acceptors (Lipinski definition) is 7. The average molecular weight is 436 g/mol. The molecule has 0 aliphatic carbocycles. The standard InChI is InChI=1S/C17H25N3O6S.ClH/c1-25-14-10-12(17(22)26-2)5-6-15(14)27(23,24)20-9-3-4-13(11-20)16(21)19-8-7-18;/h5-6,10,13H,3-4,7-9,11,18H2,1-2H3,(H,19,21);1H. The Hall–Kier alpha value is -1.88. The summed E-state index contributed by atoms with van der Waals surface area (Å²) in [6.07, 6.45) is 1.18. The molecule has 1 unspecified atom stereocenters. The van der Waals surface area contributed by atoms with E-state index in [2.05, 4.69) is 10.1 Å². The van der Waals surface area contributed by atoms with Gasteiger partial charge in [0.1, 0.15) is 10.6 Å². The molecular formula is C17H26ClN3O6S. The molecule has 0 aromatic heterocycles. The highest BCUT2D eigenvalue weighted by molar-refractivity contribution is 7.89. The number of benzene rings is 1. The minimum absolute atomic E-state index is 0. The summed E-state index contributed by atoms with van der Waals surface area (Å²) >= 11 is 0. The summed E-state index contributed by atoms with van der Waals surface area (Å²) in [4.78, 5) is 23.8. The molecule has 1 heterocycles. The van der Waals surface area contributed by atoms with Gasteiger partial charge < -0.3 is 20.5 Å². The molecule has 158 valence electrons. The lowest BCUT2D eigenvalue weighted by Crippen LogP contribution is -2.46. The number of carbonyl (C=O) groups excluding carboxylic acids is 2. The summed E-state index contributed by atoms with van der Waals surface area (Å²) in [5.74, 6) is -1.17. The summed E-state index contributed by atoms with van der Waals surface area (Å²) in [6.45, 7) is 1.07. The van der Waals surface area contributed by atoms with Crippen LogP contribution in [0.25, 0.3) is 0 Å². The van der Waals surface area contributed by atoms with Crippen molar-refractivity contribution in [1.82, 2.24) is 9.62 Å². The lowest BCUT2D eigenvalue weighted by atomic mass is 9.99. The monoisotopic (exact) mass is 435 g/mol. The molecule has 0 radical (unpaired) electrons. The average Bonchev–Trinajstić information content (AvgIpc) is 2.70. The van der Waals surface area contributed by atoms with Crippen LogP contribution in [0.1, 0.15) is 23.2 Å². The number of rotatable bonds is 7. The van der Waals surface area contributed by atoms with Gasteiger partial charge in [-0.15, -0.1) is 12.4 Å². The van der Waals surface area contributed by atoms with Gasteiger partial charge in [-0.05, 0) is 31.0 Å². The number of ether oxygens (including phenoxy) is 2. The maximum Gasteiger partial charge on any atom is 0.337 e. The van der Waals surface area contributed by atoms with Crippen LogP contribution in [0.2, 0.25) is 0 Å². The number of methoxy groups -OCH3 is 2. The molecule has 28 heavy (non-hydrogen) atoms. The van der Waals surface area contributed by atoms with Crippen LogP contribution in [0.3, 0.4) is 0 Å². The molecule has 2 rings (SSSR count). The fraction of sp³-hybridized carbons (Fsp3) is 0.529. The maximum atomic E-state index is 13.1. The van der Waals surface area contributed by atoms with E-state index in [9.17, 15) is 18.0 Å². The summed E-state index contributed by atoms with van der Waals surface area (Å²) in [5.41, 5.74) is 5.57. The van der Waals surface area contributed by atoms with E-state index in [4.69, 9.17) is 10.5 Å². The first-order chi connectivity index (χ1) is 12.8. The Morgan fingerprint density at radius 2 is 2.04 bits per heavy atom. The van der Waals surface area contributed by atoms with E-state index in [1.54, 1.807) is 0 Å². The fourth-order valence-corrected chi connectivity index (χ4v) is 4.64. The van der Waals surface area contributed by atoms with Crippen molar-refractivity contribution in [3.05, 3.63) is 23.8 Å². The topological polar surface area (TPSA) is 128 Å². The van der Waals surface area contributed by atoms with Crippen LogP contribution < -0.4 is 15.8 Å². The molecule has 9 nitrogen and oxygen atoms in total. The van der Waals surface area contributed by atoms with Crippen molar-refractivity contribution in [2.24, 2.45) is 11.7 Å². The Morgan fingerprint density at radius 1 is 1.32 bits per heavy atom. The van der Waals surface area contributed by atoms with Crippen LogP contribution >= 0.6 is 12.4 Å². The second-order valence-electron chi connectivity index (χ2n) is 6.14. The molecule has 11 heteroatoms. The van der Waals surface area contributed by atoms with Gasteiger partial charge in [0.2, 0.25) is 15.9 Å². The number of sulfonamides is 1. The molecule has 1 aliphatic rings. The minimum Gasteiger partial charge on any atom is -0.495 e. The molecule has 0 spiro atoms. The zero-order valence-electron chi connectivity index (χ0n) is 15.8. The normalized spacial score (nSPS) is 17.3. The third kappa shape index (κ3) is 5.34. The molecule has 1 amide bonds. The van der Waals surface area contributed by atoms with E-state index < -0.39 is 21.9 Å². The summed E-state index contributed by atoms with van der Waals surface area (Å²) in [6, 6.07) is 4.02. The summed E-state index contributed by atoms with van der Waals surface area (Å²) in [5, 5.41) is 2.70. The van der Waals surface area contributed by atoms with Crippen LogP contribution in [0.15, 0.2) is 23.1 Å². The van der Waals surface area contributed by atoms with Gasteiger partial charge in [0.15, 0.2) is 0 Å². The molecule has 3 N–H and O–H groups in total. The first-order valence-electron chi connectivity index (χ1n) is 8.59. The number of amides is 1. The van der Waals surface area contributed by atoms with E-state index in [1.807, 2.05) is 0 Å². The number of halogens is 1. The van der Waals surface area contributed by atoms with Crippen molar-refractivity contribution in [2.75, 3.05) is 40.4 Å². The van der Waals surface area contributed by atoms with Gasteiger partial charge in [0.25, 0.3) is 0 Å². The second-order valence-corrected chi connectivity index (χ2v) is 8.05. The Morgan fingerprint density at radius 3 is 2.64 bits per heavy atom. The Balaban J connectivity index is 0.00000392. The van der Waals surface area contributed by atoms with Crippen LogP contribution in [0, 0.1) is 5.92 Å². The van der Waals surface area contributed by atoms with Crippen LogP contribution in [0.5, 0.6) is 5.75 Å². The Kier molecular flexibility index (Phi) is 9.15. The third-order valence-electron chi connectivity index (χ3n) is 4.40. The highest BCUT2D eigenvalue weighted by Crippen LogP contribution is 2.30. The first kappa shape index (κ1) is 24.2. The van der Waals surface area contributed by atoms with Gasteiger partial charge in [0.05, 0.1) is 25.7 Å². The van der Waals surface area contributed by atoms with Crippen LogP contribution in [0.4, 0.5) is 0 Å². The van der Waals surface area contributed by atoms with Gasteiger partial charge in [-0.2, -0.15) is 4.31 Å². The van der Waals surface area contributed by atoms with Crippen molar-refractivity contribution in [2.45, 2.75) is 17.7 Å². The van der Waals surface area contributed by atoms with Crippen LogP contribution in [-0.4, -0.2) is 65.0 Å². The summed E-state index contributed by atoms with van der Waals surface area (Å²) in [7, 11) is -1.32. The zero-order valence-corrected chi connectivity index (χ0v) is 17.5. The molecule has 1 saturated heterocycles. The van der Waals surface area contributed by atoms with Gasteiger partial charge in [-0.25, -0.2) is 13.2 Å². The number of carbonyl (C=O) groups is 2. The lowest BCUT2D eigenvalue weighted by molar-refractivity contribution is -0.126. The molecule has 0 bridgehead atoms. The molecular weight excluding hydrogens is 410 g/mol. The molecule has 1 aromatic rings. The van der Waals surface area contributed by atoms with Gasteiger partial charge in [0, 0.05) is 26.2 Å². The highest BCUT2D eigenvalue weighted by atomic mass is 35.5. The molecule has 0 saturated carbocycles. The molecule has 1 aliphatic heterocycles. The quantitative estimate of drug-likeness (QED) is 0.592. The SMILES string of the molecule is COC(=O)c1ccc(S(=O)(=O)N2CCCC(C(=O)NCCN)C2)c(OC)c1.Cl. The van der Waals surface area contributed by atoms with Crippen molar-refractivity contribution in [1.29, 1.82) is 0 Å². The smallest absolute Gasteiger partial charge is 0.337 e. The number of piperidine rings is 1. The fourth-order valence-electron chi connectivity index (χ4n) is 2.98. The second kappa shape index (κ2) is 10.6. The highest BCUT2D eigenvalue weighted by Gasteiger charge is 2.35. The van der Waals surface area contributed by atoms with E-state index in [1.165, 1.54) is 36.7 Å². The largest absolute Gasteiger partial charge is 0.495 e. The predicted molar refractivity (Wildman–Crippen MR) is 105 cm³/mol. The zero-order chi connectivity index (χ0) is 20.0. The van der Waals surface area contributed by atoms with E-state index >= 15 is 0 Å². The van der Waals surface area contributed by atoms with Crippen molar-refractivity contribution >= 4 is 34.3 Å². The predicted octanol–water partition coefficient (Wildman–Crippen LogP) is 0.379. The maximum absolute atomic E-state index is 13.1. The van der Waals surface area contributed by atoms with Crippen molar-refractivity contribution in [3.63, 3.8) is 0 Å². The number of nitrogens with zero attached hydrogens (tertiary/aromatic N) is 1. The van der Waals surface area contributed by atoms with Gasteiger partial charge >= 0.3 is 5.97 Å². The van der Waals surface area contributed by atoms with Crippen LogP contribution in [-0.2, 0) is 19.6 Å². The van der Waals surface area contributed by atoms with E-state index in [0.29, 0.717) is 32.5 Å². The van der Waals surface area contributed by atoms with E-state index in [0.717, 1.165) is 0 Å². The lowest BCUT2D eigenvalue weighted by Gasteiger charge is -2.31. The van der Waals surface area contributed by atoms with E-state index in [-0.39, 0.29) is 41.1 Å². The van der Waals surface area contributed by atoms with Gasteiger partial charge in [-0.1, -0.05) is 0 Å². The Labute approximate surface area is 171 Å². The summed E-state index contributed by atoms with van der Waals surface area (Å²) < 4.78 is 37.3. The third-order valence-corrected chi connectivity index (χ3v) is 6.31. The number of esters is 1. The Bertz CT molecular complexity index is 802. The van der Waals surface area contributed by atoms with Gasteiger partial charge in [-0.3, -0.25) is 4.79 Å². The molecule has 1 aromatic carbocycles. The number of nitrogens with one attached hydrogen (secondary N) is 1. The van der Waals surface area contributed by atoms with Crippen molar-refractivity contribution in [3.8, 4) is 5.75 Å². The minimum atomic E-state index is -3.89. The van der Waals surface area contributed by atoms with Crippen molar-refractivity contribution < 1.29 is 27.5 Å². The number of hydrogen-bond donors (Lipinski definition) is 2.